The number of aryl methyl sites for hydroxylation is 1. The lowest BCUT2D eigenvalue weighted by molar-refractivity contribution is 0.248. The maximum atomic E-state index is 12.2. The highest BCUT2D eigenvalue weighted by atomic mass is 32.2. The standard InChI is InChI=1S/C12H22N4O2S/c1-12(5-3-6-12)15-19(17,18)11-9-14-16(10-11)8-4-7-13-2/h9-10,13,15H,3-8H2,1-2H3. The van der Waals surface area contributed by atoms with Gasteiger partial charge in [0, 0.05) is 18.3 Å². The van der Waals surface area contributed by atoms with E-state index in [0.29, 0.717) is 6.54 Å². The van der Waals surface area contributed by atoms with Crippen LogP contribution in [-0.4, -0.2) is 37.3 Å². The summed E-state index contributed by atoms with van der Waals surface area (Å²) in [5.41, 5.74) is -0.271. The van der Waals surface area contributed by atoms with Crippen LogP contribution in [0.3, 0.4) is 0 Å². The Hall–Kier alpha value is -0.920. The van der Waals surface area contributed by atoms with Gasteiger partial charge in [0.2, 0.25) is 10.0 Å². The van der Waals surface area contributed by atoms with E-state index >= 15 is 0 Å². The molecule has 1 aliphatic carbocycles. The largest absolute Gasteiger partial charge is 0.320 e. The van der Waals surface area contributed by atoms with E-state index in [1.807, 2.05) is 14.0 Å². The van der Waals surface area contributed by atoms with Crippen LogP contribution >= 0.6 is 0 Å². The number of hydrogen-bond donors (Lipinski definition) is 2. The minimum absolute atomic E-state index is 0.255. The highest BCUT2D eigenvalue weighted by Crippen LogP contribution is 2.32. The van der Waals surface area contributed by atoms with Crippen LogP contribution in [0.2, 0.25) is 0 Å². The second-order valence-electron chi connectivity index (χ2n) is 5.42. The maximum Gasteiger partial charge on any atom is 0.244 e. The predicted molar refractivity (Wildman–Crippen MR) is 73.3 cm³/mol. The lowest BCUT2D eigenvalue weighted by atomic mass is 9.80. The molecule has 1 aliphatic rings. The van der Waals surface area contributed by atoms with Crippen LogP contribution in [0.5, 0.6) is 0 Å². The van der Waals surface area contributed by atoms with Gasteiger partial charge in [0.25, 0.3) is 0 Å². The first-order valence-electron chi connectivity index (χ1n) is 6.66. The average Bonchev–Trinajstić information content (AvgIpc) is 2.76. The number of nitrogens with one attached hydrogen (secondary N) is 2. The van der Waals surface area contributed by atoms with Gasteiger partial charge in [0.1, 0.15) is 4.90 Å². The van der Waals surface area contributed by atoms with E-state index < -0.39 is 10.0 Å². The van der Waals surface area contributed by atoms with Crippen molar-refractivity contribution in [3.63, 3.8) is 0 Å². The van der Waals surface area contributed by atoms with Crippen LogP contribution in [0.15, 0.2) is 17.3 Å². The monoisotopic (exact) mass is 286 g/mol. The molecule has 1 heterocycles. The molecule has 19 heavy (non-hydrogen) atoms. The Morgan fingerprint density at radius 1 is 1.47 bits per heavy atom. The predicted octanol–water partition coefficient (Wildman–Crippen LogP) is 0.714. The summed E-state index contributed by atoms with van der Waals surface area (Å²) < 4.78 is 28.9. The molecule has 1 aromatic rings. The molecular weight excluding hydrogens is 264 g/mol. The van der Waals surface area contributed by atoms with Gasteiger partial charge in [-0.25, -0.2) is 13.1 Å². The Kier molecular flexibility index (Phi) is 4.27. The van der Waals surface area contributed by atoms with Crippen molar-refractivity contribution in [2.45, 2.75) is 49.6 Å². The zero-order valence-electron chi connectivity index (χ0n) is 11.5. The van der Waals surface area contributed by atoms with Gasteiger partial charge in [-0.1, -0.05) is 0 Å². The van der Waals surface area contributed by atoms with E-state index in [9.17, 15) is 8.42 Å². The summed E-state index contributed by atoms with van der Waals surface area (Å²) >= 11 is 0. The molecule has 0 atom stereocenters. The summed E-state index contributed by atoms with van der Waals surface area (Å²) in [6.07, 6.45) is 6.83. The van der Waals surface area contributed by atoms with Gasteiger partial charge in [-0.05, 0) is 46.2 Å². The fraction of sp³-hybridized carbons (Fsp3) is 0.750. The van der Waals surface area contributed by atoms with Gasteiger partial charge >= 0.3 is 0 Å². The fourth-order valence-electron chi connectivity index (χ4n) is 2.22. The molecular formula is C12H22N4O2S. The number of hydrogen-bond acceptors (Lipinski definition) is 4. The molecule has 6 nitrogen and oxygen atoms in total. The molecule has 0 saturated heterocycles. The van der Waals surface area contributed by atoms with Gasteiger partial charge in [0.15, 0.2) is 0 Å². The SMILES string of the molecule is CNCCCn1cc(S(=O)(=O)NC2(C)CCC2)cn1. The van der Waals surface area contributed by atoms with Gasteiger partial charge in [-0.15, -0.1) is 0 Å². The van der Waals surface area contributed by atoms with Crippen LogP contribution < -0.4 is 10.0 Å². The Labute approximate surface area is 114 Å². The topological polar surface area (TPSA) is 76.0 Å². The molecule has 1 saturated carbocycles. The smallest absolute Gasteiger partial charge is 0.244 e. The third-order valence-corrected chi connectivity index (χ3v) is 5.16. The van der Waals surface area contributed by atoms with E-state index in [1.54, 1.807) is 10.9 Å². The molecule has 108 valence electrons. The number of nitrogens with zero attached hydrogens (tertiary/aromatic N) is 2. The van der Waals surface area contributed by atoms with Crippen LogP contribution in [0.4, 0.5) is 0 Å². The van der Waals surface area contributed by atoms with Crippen LogP contribution in [-0.2, 0) is 16.6 Å². The van der Waals surface area contributed by atoms with Crippen LogP contribution in [0.1, 0.15) is 32.6 Å². The van der Waals surface area contributed by atoms with E-state index in [1.165, 1.54) is 6.20 Å². The summed E-state index contributed by atoms with van der Waals surface area (Å²) in [5.74, 6) is 0. The van der Waals surface area contributed by atoms with Crippen LogP contribution in [0.25, 0.3) is 0 Å². The summed E-state index contributed by atoms with van der Waals surface area (Å²) in [4.78, 5) is 0.255. The second-order valence-corrected chi connectivity index (χ2v) is 7.10. The van der Waals surface area contributed by atoms with Crippen molar-refractivity contribution in [2.24, 2.45) is 0 Å². The average molecular weight is 286 g/mol. The van der Waals surface area contributed by atoms with Gasteiger partial charge in [0.05, 0.1) is 6.20 Å². The number of sulfonamides is 1. The first-order chi connectivity index (χ1) is 8.95. The van der Waals surface area contributed by atoms with Crippen molar-refractivity contribution >= 4 is 10.0 Å². The van der Waals surface area contributed by atoms with Crippen molar-refractivity contribution in [3.05, 3.63) is 12.4 Å². The summed E-state index contributed by atoms with van der Waals surface area (Å²) in [6.45, 7) is 3.55. The Morgan fingerprint density at radius 2 is 2.21 bits per heavy atom. The maximum absolute atomic E-state index is 12.2. The fourth-order valence-corrected chi connectivity index (χ4v) is 3.63. The Bertz CT molecular complexity index is 520. The van der Waals surface area contributed by atoms with E-state index in [2.05, 4.69) is 15.1 Å². The normalized spacial score (nSPS) is 18.2. The number of rotatable bonds is 7. The van der Waals surface area contributed by atoms with Gasteiger partial charge < -0.3 is 5.32 Å². The second kappa shape index (κ2) is 5.60. The molecule has 0 amide bonds. The quantitative estimate of drug-likeness (QED) is 0.724. The van der Waals surface area contributed by atoms with E-state index in [0.717, 1.165) is 32.2 Å². The van der Waals surface area contributed by atoms with Crippen molar-refractivity contribution in [1.82, 2.24) is 19.8 Å². The molecule has 0 aromatic carbocycles. The van der Waals surface area contributed by atoms with Crippen molar-refractivity contribution < 1.29 is 8.42 Å². The third-order valence-electron chi connectivity index (χ3n) is 3.57. The summed E-state index contributed by atoms with van der Waals surface area (Å²) in [5, 5.41) is 7.15. The Morgan fingerprint density at radius 3 is 2.79 bits per heavy atom. The van der Waals surface area contributed by atoms with Gasteiger partial charge in [-0.3, -0.25) is 4.68 Å². The molecule has 1 aromatic heterocycles. The molecule has 0 bridgehead atoms. The first kappa shape index (κ1) is 14.5. The lowest BCUT2D eigenvalue weighted by Gasteiger charge is -2.38. The molecule has 2 rings (SSSR count). The zero-order valence-corrected chi connectivity index (χ0v) is 12.3. The number of aromatic nitrogens is 2. The Balaban J connectivity index is 2.00. The molecule has 7 heteroatoms. The van der Waals surface area contributed by atoms with Gasteiger partial charge in [-0.2, -0.15) is 5.10 Å². The molecule has 0 spiro atoms. The highest BCUT2D eigenvalue weighted by molar-refractivity contribution is 7.89. The van der Waals surface area contributed by atoms with Crippen molar-refractivity contribution in [3.8, 4) is 0 Å². The minimum Gasteiger partial charge on any atom is -0.320 e. The molecule has 2 N–H and O–H groups in total. The molecule has 0 aliphatic heterocycles. The lowest BCUT2D eigenvalue weighted by Crippen LogP contribution is -2.50. The zero-order chi connectivity index (χ0) is 13.9. The molecule has 0 unspecified atom stereocenters. The summed E-state index contributed by atoms with van der Waals surface area (Å²) in [7, 11) is -1.55. The molecule has 0 radical (unpaired) electrons. The third kappa shape index (κ3) is 3.55. The summed E-state index contributed by atoms with van der Waals surface area (Å²) in [6, 6.07) is 0. The minimum atomic E-state index is -3.44. The first-order valence-corrected chi connectivity index (χ1v) is 8.15. The van der Waals surface area contributed by atoms with Crippen molar-refractivity contribution in [1.29, 1.82) is 0 Å². The van der Waals surface area contributed by atoms with Crippen LogP contribution in [0, 0.1) is 0 Å². The van der Waals surface area contributed by atoms with Crippen molar-refractivity contribution in [2.75, 3.05) is 13.6 Å². The molecule has 1 fully saturated rings. The highest BCUT2D eigenvalue weighted by Gasteiger charge is 2.36. The van der Waals surface area contributed by atoms with E-state index in [4.69, 9.17) is 0 Å². The van der Waals surface area contributed by atoms with E-state index in [-0.39, 0.29) is 10.4 Å².